The van der Waals surface area contributed by atoms with E-state index in [-0.39, 0.29) is 60.8 Å². The number of nitrogens with zero attached hydrogens (tertiary/aromatic N) is 4. The van der Waals surface area contributed by atoms with Gasteiger partial charge in [-0.25, -0.2) is 4.79 Å². The van der Waals surface area contributed by atoms with E-state index in [1.807, 2.05) is 90.9 Å². The zero-order valence-corrected chi connectivity index (χ0v) is 41.0. The fraction of sp³-hybridized carbons (Fsp3) is 0.633. The van der Waals surface area contributed by atoms with Gasteiger partial charge in [-0.15, -0.1) is 0 Å². The minimum atomic E-state index is -1.18. The zero-order valence-electron chi connectivity index (χ0n) is 41.0. The second-order valence-electron chi connectivity index (χ2n) is 18.5. The third kappa shape index (κ3) is 15.0. The number of hydrogen-bond acceptors (Lipinski definition) is 9. The number of likely N-dealkylation sites (tertiary alicyclic amines) is 1. The van der Waals surface area contributed by atoms with Crippen LogP contribution in [0.1, 0.15) is 85.3 Å². The quantitative estimate of drug-likeness (QED) is 0.110. The highest BCUT2D eigenvalue weighted by atomic mass is 16.5. The standard InChI is InChI=1S/C49H77N7O9/c1-14-32(6)43(55(11)48(61)41(30(2)3)52-46(59)42(31(4)5)53(8)9)39(64-12)28-40(57)56-26-18-21-38(56)44(65-13)33(7)45(58)51-37(27-34-19-16-15-17-20-34)47(60)54(10)29-35-22-24-36(25-23-35)50-49(62)63/h15-17,19-20,22-25,30-33,37-39,41-44,50H,14,18,21,26-29H2,1-13H3,(H,51,58)(H,52,59)(H,62,63)/t32-,33+,37?,38-,39+,41-,42-,43-,44+/m0/s1. The van der Waals surface area contributed by atoms with Crippen molar-refractivity contribution in [3.8, 4) is 0 Å². The average molecular weight is 908 g/mol. The van der Waals surface area contributed by atoms with Crippen LogP contribution < -0.4 is 16.0 Å². The van der Waals surface area contributed by atoms with E-state index in [1.165, 1.54) is 12.0 Å². The molecule has 1 fully saturated rings. The van der Waals surface area contributed by atoms with E-state index in [0.717, 1.165) is 11.1 Å². The first-order valence-corrected chi connectivity index (χ1v) is 22.9. The minimum Gasteiger partial charge on any atom is -0.465 e. The van der Waals surface area contributed by atoms with Crippen LogP contribution in [0.2, 0.25) is 0 Å². The van der Waals surface area contributed by atoms with Crippen molar-refractivity contribution in [2.75, 3.05) is 54.3 Å². The molecule has 4 N–H and O–H groups in total. The van der Waals surface area contributed by atoms with Gasteiger partial charge >= 0.3 is 6.09 Å². The summed E-state index contributed by atoms with van der Waals surface area (Å²) in [5.41, 5.74) is 2.03. The molecule has 1 aliphatic heterocycles. The molecule has 0 radical (unpaired) electrons. The molecular formula is C49H77N7O9. The predicted molar refractivity (Wildman–Crippen MR) is 252 cm³/mol. The topological polar surface area (TPSA) is 190 Å². The summed E-state index contributed by atoms with van der Waals surface area (Å²) in [7, 11) is 10.1. The molecule has 16 nitrogen and oxygen atoms in total. The van der Waals surface area contributed by atoms with E-state index in [2.05, 4.69) is 16.0 Å². The molecule has 65 heavy (non-hydrogen) atoms. The number of amides is 6. The van der Waals surface area contributed by atoms with Crippen LogP contribution in [0.5, 0.6) is 0 Å². The van der Waals surface area contributed by atoms with Gasteiger partial charge in [0, 0.05) is 53.5 Å². The van der Waals surface area contributed by atoms with Crippen LogP contribution in [0.3, 0.4) is 0 Å². The van der Waals surface area contributed by atoms with Crippen molar-refractivity contribution in [3.63, 3.8) is 0 Å². The molecular weight excluding hydrogens is 831 g/mol. The Hall–Kier alpha value is -5.06. The van der Waals surface area contributed by atoms with Crippen molar-refractivity contribution in [1.29, 1.82) is 0 Å². The van der Waals surface area contributed by atoms with Gasteiger partial charge in [-0.1, -0.05) is 97.4 Å². The zero-order chi connectivity index (χ0) is 48.7. The first-order valence-electron chi connectivity index (χ1n) is 22.9. The lowest BCUT2D eigenvalue weighted by atomic mass is 9.89. The van der Waals surface area contributed by atoms with Crippen molar-refractivity contribution in [2.24, 2.45) is 23.7 Å². The molecule has 2 aromatic rings. The van der Waals surface area contributed by atoms with Gasteiger partial charge in [0.2, 0.25) is 29.5 Å². The summed E-state index contributed by atoms with van der Waals surface area (Å²) in [6.45, 7) is 14.2. The highest BCUT2D eigenvalue weighted by Crippen LogP contribution is 2.30. The smallest absolute Gasteiger partial charge is 0.409 e. The molecule has 1 saturated heterocycles. The van der Waals surface area contributed by atoms with E-state index in [1.54, 1.807) is 62.2 Å². The summed E-state index contributed by atoms with van der Waals surface area (Å²) < 4.78 is 12.1. The lowest BCUT2D eigenvalue weighted by Gasteiger charge is -2.41. The van der Waals surface area contributed by atoms with E-state index in [9.17, 15) is 28.8 Å². The number of carbonyl (C=O) groups is 6. The van der Waals surface area contributed by atoms with Gasteiger partial charge in [0.25, 0.3) is 0 Å². The van der Waals surface area contributed by atoms with E-state index >= 15 is 0 Å². The largest absolute Gasteiger partial charge is 0.465 e. The molecule has 2 aromatic carbocycles. The first kappa shape index (κ1) is 54.3. The third-order valence-corrected chi connectivity index (χ3v) is 12.8. The van der Waals surface area contributed by atoms with Gasteiger partial charge in [-0.3, -0.25) is 34.2 Å². The molecule has 0 aromatic heterocycles. The molecule has 3 rings (SSSR count). The molecule has 16 heteroatoms. The van der Waals surface area contributed by atoms with Crippen LogP contribution in [0.4, 0.5) is 10.5 Å². The molecule has 1 aliphatic rings. The summed E-state index contributed by atoms with van der Waals surface area (Å²) in [4.78, 5) is 88.5. The molecule has 362 valence electrons. The number of carbonyl (C=O) groups excluding carboxylic acids is 5. The van der Waals surface area contributed by atoms with Crippen LogP contribution in [0.25, 0.3) is 0 Å². The second kappa shape index (κ2) is 25.6. The van der Waals surface area contributed by atoms with Crippen molar-refractivity contribution in [2.45, 2.75) is 130 Å². The maximum Gasteiger partial charge on any atom is 0.409 e. The second-order valence-corrected chi connectivity index (χ2v) is 18.5. The maximum absolute atomic E-state index is 14.4. The van der Waals surface area contributed by atoms with Gasteiger partial charge in [-0.2, -0.15) is 0 Å². The first-order chi connectivity index (χ1) is 30.7. The van der Waals surface area contributed by atoms with E-state index in [4.69, 9.17) is 14.6 Å². The van der Waals surface area contributed by atoms with Crippen LogP contribution in [0.15, 0.2) is 54.6 Å². The fourth-order valence-electron chi connectivity index (χ4n) is 9.20. The van der Waals surface area contributed by atoms with Gasteiger partial charge in [0.05, 0.1) is 42.7 Å². The number of anilines is 1. The Bertz CT molecular complexity index is 1850. The fourth-order valence-corrected chi connectivity index (χ4v) is 9.20. The number of benzene rings is 2. The lowest BCUT2D eigenvalue weighted by molar-refractivity contribution is -0.148. The van der Waals surface area contributed by atoms with Crippen LogP contribution in [-0.2, 0) is 46.4 Å². The Labute approximate surface area is 387 Å². The third-order valence-electron chi connectivity index (χ3n) is 12.8. The molecule has 9 atom stereocenters. The Morgan fingerprint density at radius 3 is 1.95 bits per heavy atom. The van der Waals surface area contributed by atoms with Gasteiger partial charge in [0.1, 0.15) is 12.1 Å². The lowest BCUT2D eigenvalue weighted by Crippen LogP contribution is -2.59. The van der Waals surface area contributed by atoms with E-state index < -0.39 is 60.3 Å². The van der Waals surface area contributed by atoms with Gasteiger partial charge in [0.15, 0.2) is 0 Å². The normalized spacial score (nSPS) is 17.7. The van der Waals surface area contributed by atoms with Crippen molar-refractivity contribution >= 4 is 41.3 Å². The Morgan fingerprint density at radius 1 is 0.800 bits per heavy atom. The SMILES string of the molecule is CC[C@H](C)[C@@H]([C@@H](CC(=O)N1CCC[C@H]1[C@H](OC)[C@@H](C)C(=O)NC(Cc1ccccc1)C(=O)N(C)Cc1ccc(NC(=O)O)cc1)OC)N(C)C(=O)[C@@H](NC(=O)[C@H](C(C)C)N(C)C)C(C)C. The average Bonchev–Trinajstić information content (AvgIpc) is 3.74. The minimum absolute atomic E-state index is 0.0220. The monoisotopic (exact) mass is 908 g/mol. The summed E-state index contributed by atoms with van der Waals surface area (Å²) in [6, 6.07) is 13.0. The van der Waals surface area contributed by atoms with Crippen molar-refractivity contribution < 1.29 is 43.3 Å². The predicted octanol–water partition coefficient (Wildman–Crippen LogP) is 5.11. The molecule has 0 aliphatic carbocycles. The summed E-state index contributed by atoms with van der Waals surface area (Å²) in [6.07, 6.45) is -0.336. The molecule has 1 heterocycles. The molecule has 0 saturated carbocycles. The van der Waals surface area contributed by atoms with E-state index in [0.29, 0.717) is 31.5 Å². The van der Waals surface area contributed by atoms with Crippen molar-refractivity contribution in [1.82, 2.24) is 30.2 Å². The number of likely N-dealkylation sites (N-methyl/N-ethyl adjacent to an activating group) is 3. The molecule has 1 unspecified atom stereocenters. The van der Waals surface area contributed by atoms with Crippen LogP contribution in [0, 0.1) is 23.7 Å². The number of rotatable bonds is 24. The summed E-state index contributed by atoms with van der Waals surface area (Å²) in [5.74, 6) is -2.38. The molecule has 0 spiro atoms. The number of nitrogens with one attached hydrogen (secondary N) is 3. The number of hydrogen-bond donors (Lipinski definition) is 4. The van der Waals surface area contributed by atoms with Gasteiger partial charge in [-0.05, 0) is 68.0 Å². The molecule has 6 amide bonds. The summed E-state index contributed by atoms with van der Waals surface area (Å²) in [5, 5.41) is 17.4. The Kier molecular flexibility index (Phi) is 21.4. The Balaban J connectivity index is 1.81. The van der Waals surface area contributed by atoms with Gasteiger partial charge < -0.3 is 39.9 Å². The number of methoxy groups -OCH3 is 2. The van der Waals surface area contributed by atoms with Crippen molar-refractivity contribution in [3.05, 3.63) is 65.7 Å². The van der Waals surface area contributed by atoms with Crippen LogP contribution in [-0.4, -0.2) is 152 Å². The Morgan fingerprint density at radius 2 is 1.43 bits per heavy atom. The highest BCUT2D eigenvalue weighted by Gasteiger charge is 2.43. The van der Waals surface area contributed by atoms with Crippen LogP contribution >= 0.6 is 0 Å². The number of carboxylic acid groups (broad SMARTS) is 1. The maximum atomic E-state index is 14.4. The number of ether oxygens (including phenoxy) is 2. The molecule has 0 bridgehead atoms. The summed E-state index contributed by atoms with van der Waals surface area (Å²) >= 11 is 0. The highest BCUT2D eigenvalue weighted by molar-refractivity contribution is 5.91.